The van der Waals surface area contributed by atoms with E-state index in [1.54, 1.807) is 0 Å². The van der Waals surface area contributed by atoms with Crippen molar-refractivity contribution in [1.82, 2.24) is 14.5 Å². The number of fused-ring (bicyclic) bond motifs is 1. The minimum absolute atomic E-state index is 0. The summed E-state index contributed by atoms with van der Waals surface area (Å²) >= 11 is 5.39. The average molecular weight is 401 g/mol. The van der Waals surface area contributed by atoms with Crippen LogP contribution in [0.2, 0.25) is 0 Å². The highest BCUT2D eigenvalue weighted by molar-refractivity contribution is 7.71. The van der Waals surface area contributed by atoms with Crippen LogP contribution in [-0.4, -0.2) is 34.1 Å². The highest BCUT2D eigenvalue weighted by Crippen LogP contribution is 2.35. The van der Waals surface area contributed by atoms with Gasteiger partial charge in [-0.05, 0) is 76.1 Å². The number of rotatable bonds is 5. The monoisotopic (exact) mass is 401 g/mol. The van der Waals surface area contributed by atoms with Gasteiger partial charge in [0.2, 0.25) is 0 Å². The summed E-state index contributed by atoms with van der Waals surface area (Å²) in [4.78, 5) is 5.71. The molecule has 1 atom stereocenters. The first-order valence-electron chi connectivity index (χ1n) is 9.21. The third-order valence-corrected chi connectivity index (χ3v) is 5.93. The summed E-state index contributed by atoms with van der Waals surface area (Å²) in [5.41, 5.74) is 1.89. The van der Waals surface area contributed by atoms with Crippen molar-refractivity contribution in [2.45, 2.75) is 44.6 Å². The zero-order valence-corrected chi connectivity index (χ0v) is 15.8. The van der Waals surface area contributed by atoms with Crippen LogP contribution in [0.1, 0.15) is 42.1 Å². The van der Waals surface area contributed by atoms with Crippen molar-refractivity contribution in [3.63, 3.8) is 0 Å². The zero-order valence-electron chi connectivity index (χ0n) is 14.9. The van der Waals surface area contributed by atoms with Gasteiger partial charge in [-0.15, -0.1) is 0 Å². The molecule has 1 aromatic heterocycles. The maximum absolute atomic E-state index is 14.2. The predicted molar refractivity (Wildman–Crippen MR) is 98.9 cm³/mol. The number of nitrogens with zero attached hydrogens (tertiary/aromatic N) is 2. The summed E-state index contributed by atoms with van der Waals surface area (Å²) in [6, 6.07) is 1.83. The Hall–Kier alpha value is -1.67. The van der Waals surface area contributed by atoms with Gasteiger partial charge in [0.25, 0.3) is 0 Å². The summed E-state index contributed by atoms with van der Waals surface area (Å²) in [5, 5.41) is 0. The van der Waals surface area contributed by atoms with E-state index in [-0.39, 0.29) is 10.3 Å². The number of aryl methyl sites for hydroxylation is 1. The van der Waals surface area contributed by atoms with Crippen molar-refractivity contribution in [3.8, 4) is 0 Å². The number of benzene rings is 1. The SMILES string of the molecule is F.Fc1ccc(F)c([C@H]2Cc3c(CCCN4CCCC4)[nH]c(=S)n3C2)c1F. The van der Waals surface area contributed by atoms with E-state index in [0.29, 0.717) is 17.7 Å². The third kappa shape index (κ3) is 3.82. The number of hydrogen-bond acceptors (Lipinski definition) is 2. The van der Waals surface area contributed by atoms with Crippen molar-refractivity contribution in [1.29, 1.82) is 0 Å². The lowest BCUT2D eigenvalue weighted by Crippen LogP contribution is -2.20. The normalized spacial score (nSPS) is 19.3. The van der Waals surface area contributed by atoms with Crippen LogP contribution in [-0.2, 0) is 19.4 Å². The summed E-state index contributed by atoms with van der Waals surface area (Å²) < 4.78 is 44.3. The molecule has 4 rings (SSSR count). The molecule has 0 saturated carbocycles. The fraction of sp³-hybridized carbons (Fsp3) is 0.526. The van der Waals surface area contributed by atoms with Gasteiger partial charge in [-0.2, -0.15) is 0 Å². The molecule has 8 heteroatoms. The van der Waals surface area contributed by atoms with Gasteiger partial charge in [0, 0.05) is 29.4 Å². The van der Waals surface area contributed by atoms with Gasteiger partial charge >= 0.3 is 0 Å². The van der Waals surface area contributed by atoms with E-state index in [2.05, 4.69) is 9.88 Å². The number of halogens is 4. The Bertz CT molecular complexity index is 871. The van der Waals surface area contributed by atoms with E-state index in [9.17, 15) is 13.2 Å². The molecular weight excluding hydrogens is 378 g/mol. The molecule has 2 aliphatic rings. The molecule has 0 amide bonds. The molecule has 0 aliphatic carbocycles. The molecule has 0 radical (unpaired) electrons. The van der Waals surface area contributed by atoms with Crippen molar-refractivity contribution in [2.75, 3.05) is 19.6 Å². The van der Waals surface area contributed by atoms with E-state index < -0.39 is 23.4 Å². The second-order valence-electron chi connectivity index (χ2n) is 7.28. The Morgan fingerprint density at radius 3 is 2.56 bits per heavy atom. The second kappa shape index (κ2) is 8.14. The first-order valence-corrected chi connectivity index (χ1v) is 9.61. The first-order chi connectivity index (χ1) is 12.5. The zero-order chi connectivity index (χ0) is 18.3. The van der Waals surface area contributed by atoms with Gasteiger partial charge in [-0.25, -0.2) is 13.2 Å². The van der Waals surface area contributed by atoms with Crippen molar-refractivity contribution in [3.05, 3.63) is 51.3 Å². The Morgan fingerprint density at radius 2 is 1.81 bits per heavy atom. The van der Waals surface area contributed by atoms with Crippen LogP contribution in [0.15, 0.2) is 12.1 Å². The topological polar surface area (TPSA) is 24.0 Å². The highest BCUT2D eigenvalue weighted by Gasteiger charge is 2.31. The van der Waals surface area contributed by atoms with E-state index in [1.165, 1.54) is 25.9 Å². The molecule has 2 aliphatic heterocycles. The van der Waals surface area contributed by atoms with Gasteiger partial charge in [0.15, 0.2) is 16.4 Å². The molecular formula is C19H23F4N3S. The largest absolute Gasteiger partial charge is 0.334 e. The lowest BCUT2D eigenvalue weighted by molar-refractivity contribution is 0.333. The van der Waals surface area contributed by atoms with Crippen LogP contribution < -0.4 is 0 Å². The predicted octanol–water partition coefficient (Wildman–Crippen LogP) is 4.48. The smallest absolute Gasteiger partial charge is 0.177 e. The van der Waals surface area contributed by atoms with Gasteiger partial charge in [-0.1, -0.05) is 0 Å². The molecule has 27 heavy (non-hydrogen) atoms. The van der Waals surface area contributed by atoms with E-state index in [0.717, 1.165) is 42.9 Å². The molecule has 3 heterocycles. The van der Waals surface area contributed by atoms with Gasteiger partial charge in [-0.3, -0.25) is 4.70 Å². The fourth-order valence-corrected chi connectivity index (χ4v) is 4.61. The van der Waals surface area contributed by atoms with E-state index in [1.807, 2.05) is 4.57 Å². The van der Waals surface area contributed by atoms with Crippen molar-refractivity contribution in [2.24, 2.45) is 0 Å². The molecule has 1 saturated heterocycles. The summed E-state index contributed by atoms with van der Waals surface area (Å²) in [5.74, 6) is -3.19. The van der Waals surface area contributed by atoms with Crippen molar-refractivity contribution >= 4 is 12.2 Å². The van der Waals surface area contributed by atoms with Crippen LogP contribution in [0, 0.1) is 22.2 Å². The van der Waals surface area contributed by atoms with E-state index in [4.69, 9.17) is 12.2 Å². The summed E-state index contributed by atoms with van der Waals surface area (Å²) in [6.45, 7) is 3.78. The maximum Gasteiger partial charge on any atom is 0.177 e. The molecule has 2 aromatic rings. The summed E-state index contributed by atoms with van der Waals surface area (Å²) in [6.07, 6.45) is 4.91. The molecule has 1 aromatic carbocycles. The van der Waals surface area contributed by atoms with Crippen molar-refractivity contribution < 1.29 is 17.9 Å². The second-order valence-corrected chi connectivity index (χ2v) is 7.66. The van der Waals surface area contributed by atoms with Gasteiger partial charge in [0.1, 0.15) is 5.82 Å². The van der Waals surface area contributed by atoms with Crippen LogP contribution in [0.4, 0.5) is 17.9 Å². The fourth-order valence-electron chi connectivity index (χ4n) is 4.30. The number of H-pyrrole nitrogens is 1. The molecule has 1 fully saturated rings. The minimum Gasteiger partial charge on any atom is -0.334 e. The lowest BCUT2D eigenvalue weighted by Gasteiger charge is -2.14. The van der Waals surface area contributed by atoms with Gasteiger partial charge in [0.05, 0.1) is 0 Å². The molecule has 3 nitrogen and oxygen atoms in total. The molecule has 1 N–H and O–H groups in total. The standard InChI is InChI=1S/C19H22F3N3S.FH/c20-13-5-6-14(21)18(22)17(13)12-10-16-15(23-19(26)25(16)11-12)4-3-9-24-7-1-2-8-24;/h5-6,12H,1-4,7-11H2,(H,23,26);1H/t12-;/m0./s1. The Labute approximate surface area is 160 Å². The molecule has 148 valence electrons. The number of nitrogens with one attached hydrogen (secondary N) is 1. The number of imidazole rings is 1. The van der Waals surface area contributed by atoms with Crippen LogP contribution in [0.25, 0.3) is 0 Å². The molecule has 0 bridgehead atoms. The maximum atomic E-state index is 14.2. The minimum atomic E-state index is -1.08. The number of hydrogen-bond donors (Lipinski definition) is 1. The lowest BCUT2D eigenvalue weighted by atomic mass is 9.95. The van der Waals surface area contributed by atoms with Gasteiger partial charge < -0.3 is 14.5 Å². The Morgan fingerprint density at radius 1 is 1.11 bits per heavy atom. The highest BCUT2D eigenvalue weighted by atomic mass is 32.1. The molecule has 0 spiro atoms. The first kappa shape index (κ1) is 20.1. The summed E-state index contributed by atoms with van der Waals surface area (Å²) in [7, 11) is 0. The van der Waals surface area contributed by atoms with Crippen LogP contribution in [0.3, 0.4) is 0 Å². The number of aromatic amines is 1. The van der Waals surface area contributed by atoms with E-state index >= 15 is 0 Å². The van der Waals surface area contributed by atoms with Crippen LogP contribution in [0.5, 0.6) is 0 Å². The van der Waals surface area contributed by atoms with Crippen LogP contribution >= 0.6 is 12.2 Å². The Kier molecular flexibility index (Phi) is 6.05. The molecule has 0 unspecified atom stereocenters. The average Bonchev–Trinajstić information content (AvgIpc) is 3.32. The quantitative estimate of drug-likeness (QED) is 0.454. The third-order valence-electron chi connectivity index (χ3n) is 5.61. The Balaban J connectivity index is 0.00000210. The number of likely N-dealkylation sites (tertiary alicyclic amines) is 1. The number of aromatic nitrogens is 2.